The van der Waals surface area contributed by atoms with Crippen LogP contribution in [0, 0.1) is 0 Å². The molecule has 1 aromatic carbocycles. The van der Waals surface area contributed by atoms with E-state index in [9.17, 15) is 4.79 Å². The van der Waals surface area contributed by atoms with Gasteiger partial charge in [0.1, 0.15) is 0 Å². The van der Waals surface area contributed by atoms with Crippen molar-refractivity contribution in [2.45, 2.75) is 26.7 Å². The number of carbonyl (C=O) groups is 1. The number of hydrogen-bond donors (Lipinski definition) is 2. The Bertz CT molecular complexity index is 571. The van der Waals surface area contributed by atoms with Crippen LogP contribution in [-0.4, -0.2) is 57.2 Å². The van der Waals surface area contributed by atoms with E-state index in [0.717, 1.165) is 25.1 Å². The minimum Gasteiger partial charge on any atom is -0.493 e. The van der Waals surface area contributed by atoms with Crippen LogP contribution in [0.2, 0.25) is 0 Å². The molecule has 0 fully saturated rings. The zero-order valence-electron chi connectivity index (χ0n) is 15.7. The van der Waals surface area contributed by atoms with Gasteiger partial charge in [-0.15, -0.1) is 0 Å². The quantitative estimate of drug-likeness (QED) is 0.492. The number of nitrogens with zero attached hydrogens (tertiary/aromatic N) is 2. The van der Waals surface area contributed by atoms with Gasteiger partial charge in [0.05, 0.1) is 20.8 Å². The Morgan fingerprint density at radius 3 is 2.48 bits per heavy atom. The summed E-state index contributed by atoms with van der Waals surface area (Å²) in [6.45, 7) is 6.42. The summed E-state index contributed by atoms with van der Waals surface area (Å²) in [5.41, 5.74) is 6.94. The predicted octanol–water partition coefficient (Wildman–Crippen LogP) is 1.41. The molecule has 1 amide bonds. The van der Waals surface area contributed by atoms with E-state index < -0.39 is 0 Å². The number of hydrogen-bond acceptors (Lipinski definition) is 4. The molecule has 7 nitrogen and oxygen atoms in total. The van der Waals surface area contributed by atoms with Gasteiger partial charge in [0.2, 0.25) is 5.91 Å². The molecule has 3 N–H and O–H groups in total. The maximum atomic E-state index is 11.9. The number of aliphatic imine (C=N–C) groups is 1. The molecule has 140 valence electrons. The molecule has 0 radical (unpaired) electrons. The molecule has 0 atom stereocenters. The third-order valence-corrected chi connectivity index (χ3v) is 3.89. The summed E-state index contributed by atoms with van der Waals surface area (Å²) in [6.07, 6.45) is 1.15. The molecule has 0 aliphatic rings. The van der Waals surface area contributed by atoms with Crippen LogP contribution in [0.5, 0.6) is 11.5 Å². The number of amides is 1. The number of carbonyl (C=O) groups excluding carboxylic acids is 1. The Balaban J connectivity index is 2.39. The van der Waals surface area contributed by atoms with E-state index in [0.29, 0.717) is 37.0 Å². The molecule has 0 bridgehead atoms. The van der Waals surface area contributed by atoms with Crippen molar-refractivity contribution in [1.82, 2.24) is 10.2 Å². The van der Waals surface area contributed by atoms with Gasteiger partial charge in [-0.05, 0) is 38.0 Å². The van der Waals surface area contributed by atoms with Gasteiger partial charge in [-0.3, -0.25) is 9.79 Å². The first-order chi connectivity index (χ1) is 12.0. The van der Waals surface area contributed by atoms with E-state index in [1.807, 2.05) is 32.0 Å². The van der Waals surface area contributed by atoms with E-state index >= 15 is 0 Å². The van der Waals surface area contributed by atoms with Crippen LogP contribution in [0.25, 0.3) is 0 Å². The van der Waals surface area contributed by atoms with E-state index in [4.69, 9.17) is 15.2 Å². The number of ether oxygens (including phenoxy) is 2. The molecule has 1 aromatic rings. The van der Waals surface area contributed by atoms with Gasteiger partial charge < -0.3 is 25.4 Å². The second kappa shape index (κ2) is 11.2. The first-order valence-electron chi connectivity index (χ1n) is 8.58. The van der Waals surface area contributed by atoms with Gasteiger partial charge in [-0.25, -0.2) is 0 Å². The lowest BCUT2D eigenvalue weighted by Gasteiger charge is -2.17. The number of nitrogens with one attached hydrogen (secondary N) is 1. The summed E-state index contributed by atoms with van der Waals surface area (Å²) in [5, 5.41) is 3.06. The standard InChI is InChI=1S/C18H30N4O3/c1-5-22(6-2)17(23)10-12-21-18(19)20-11-9-14-7-8-15(24-3)16(13-14)25-4/h7-8,13H,5-6,9-12H2,1-4H3,(H3,19,20,21). The molecule has 0 heterocycles. The topological polar surface area (TPSA) is 89.2 Å². The SMILES string of the molecule is CCN(CC)C(=O)CCN=C(N)NCCc1ccc(OC)c(OC)c1. The van der Waals surface area contributed by atoms with Crippen molar-refractivity contribution >= 4 is 11.9 Å². The van der Waals surface area contributed by atoms with Gasteiger partial charge in [0.15, 0.2) is 17.5 Å². The molecule has 0 saturated heterocycles. The van der Waals surface area contributed by atoms with Crippen LogP contribution in [-0.2, 0) is 11.2 Å². The maximum absolute atomic E-state index is 11.9. The smallest absolute Gasteiger partial charge is 0.224 e. The van der Waals surface area contributed by atoms with Gasteiger partial charge in [0.25, 0.3) is 0 Å². The molecule has 0 unspecified atom stereocenters. The number of rotatable bonds is 10. The highest BCUT2D eigenvalue weighted by molar-refractivity contribution is 5.79. The summed E-state index contributed by atoms with van der Waals surface area (Å²) < 4.78 is 10.5. The van der Waals surface area contributed by atoms with Crippen LogP contribution in [0.4, 0.5) is 0 Å². The molecule has 0 aliphatic heterocycles. The van der Waals surface area contributed by atoms with Crippen molar-refractivity contribution in [3.63, 3.8) is 0 Å². The van der Waals surface area contributed by atoms with Gasteiger partial charge in [-0.2, -0.15) is 0 Å². The lowest BCUT2D eigenvalue weighted by Crippen LogP contribution is -2.34. The average molecular weight is 350 g/mol. The fourth-order valence-corrected chi connectivity index (χ4v) is 2.43. The zero-order valence-corrected chi connectivity index (χ0v) is 15.7. The third kappa shape index (κ3) is 6.91. The van der Waals surface area contributed by atoms with Crippen molar-refractivity contribution in [2.24, 2.45) is 10.7 Å². The summed E-state index contributed by atoms with van der Waals surface area (Å²) >= 11 is 0. The fourth-order valence-electron chi connectivity index (χ4n) is 2.43. The predicted molar refractivity (Wildman–Crippen MR) is 100 cm³/mol. The van der Waals surface area contributed by atoms with E-state index in [2.05, 4.69) is 10.3 Å². The summed E-state index contributed by atoms with van der Waals surface area (Å²) in [7, 11) is 3.23. The largest absolute Gasteiger partial charge is 0.493 e. The monoisotopic (exact) mass is 350 g/mol. The van der Waals surface area contributed by atoms with Crippen molar-refractivity contribution in [2.75, 3.05) is 40.4 Å². The molecule has 7 heteroatoms. The minimum absolute atomic E-state index is 0.104. The zero-order chi connectivity index (χ0) is 18.7. The van der Waals surface area contributed by atoms with Gasteiger partial charge in [-0.1, -0.05) is 6.07 Å². The van der Waals surface area contributed by atoms with Crippen LogP contribution >= 0.6 is 0 Å². The lowest BCUT2D eigenvalue weighted by atomic mass is 10.1. The Labute approximate surface area is 150 Å². The van der Waals surface area contributed by atoms with E-state index in [-0.39, 0.29) is 5.91 Å². The minimum atomic E-state index is 0.104. The van der Waals surface area contributed by atoms with Crippen LogP contribution in [0.15, 0.2) is 23.2 Å². The third-order valence-electron chi connectivity index (χ3n) is 3.89. The second-order valence-corrected chi connectivity index (χ2v) is 5.45. The summed E-state index contributed by atoms with van der Waals surface area (Å²) in [5.74, 6) is 1.87. The fraction of sp³-hybridized carbons (Fsp3) is 0.556. The van der Waals surface area contributed by atoms with Crippen molar-refractivity contribution in [1.29, 1.82) is 0 Å². The van der Waals surface area contributed by atoms with E-state index in [1.54, 1.807) is 19.1 Å². The highest BCUT2D eigenvalue weighted by Crippen LogP contribution is 2.27. The molecule has 1 rings (SSSR count). The number of methoxy groups -OCH3 is 2. The Kier molecular flexibility index (Phi) is 9.21. The van der Waals surface area contributed by atoms with Crippen molar-refractivity contribution < 1.29 is 14.3 Å². The molecular weight excluding hydrogens is 320 g/mol. The molecule has 0 aliphatic carbocycles. The van der Waals surface area contributed by atoms with Gasteiger partial charge in [0, 0.05) is 26.1 Å². The Morgan fingerprint density at radius 2 is 1.88 bits per heavy atom. The maximum Gasteiger partial charge on any atom is 0.224 e. The first kappa shape index (κ1) is 20.6. The lowest BCUT2D eigenvalue weighted by molar-refractivity contribution is -0.130. The molecule has 0 aromatic heterocycles. The number of benzene rings is 1. The van der Waals surface area contributed by atoms with E-state index in [1.165, 1.54) is 0 Å². The number of guanidine groups is 1. The van der Waals surface area contributed by atoms with Crippen molar-refractivity contribution in [3.05, 3.63) is 23.8 Å². The molecule has 0 saturated carbocycles. The summed E-state index contributed by atoms with van der Waals surface area (Å²) in [6, 6.07) is 5.81. The van der Waals surface area contributed by atoms with Crippen LogP contribution in [0.3, 0.4) is 0 Å². The normalized spacial score (nSPS) is 11.1. The highest BCUT2D eigenvalue weighted by Gasteiger charge is 2.08. The average Bonchev–Trinajstić information content (AvgIpc) is 2.62. The first-order valence-corrected chi connectivity index (χ1v) is 8.58. The Hall–Kier alpha value is -2.44. The van der Waals surface area contributed by atoms with Gasteiger partial charge >= 0.3 is 0 Å². The highest BCUT2D eigenvalue weighted by atomic mass is 16.5. The Morgan fingerprint density at radius 1 is 1.20 bits per heavy atom. The molecular formula is C18H30N4O3. The van der Waals surface area contributed by atoms with Crippen molar-refractivity contribution in [3.8, 4) is 11.5 Å². The second-order valence-electron chi connectivity index (χ2n) is 5.45. The molecule has 25 heavy (non-hydrogen) atoms. The summed E-state index contributed by atoms with van der Waals surface area (Å²) in [4.78, 5) is 17.9. The molecule has 0 spiro atoms. The number of nitrogens with two attached hydrogens (primary N) is 1. The van der Waals surface area contributed by atoms with Crippen LogP contribution < -0.4 is 20.5 Å². The van der Waals surface area contributed by atoms with Crippen LogP contribution in [0.1, 0.15) is 25.8 Å².